The molecule has 0 saturated carbocycles. The number of nitrogens with zero attached hydrogens (tertiary/aromatic N) is 1. The van der Waals surface area contributed by atoms with Gasteiger partial charge in [0.2, 0.25) is 0 Å². The highest BCUT2D eigenvalue weighted by Crippen LogP contribution is 2.40. The highest BCUT2D eigenvalue weighted by molar-refractivity contribution is 7.15. The molecule has 1 aromatic heterocycles. The van der Waals surface area contributed by atoms with E-state index >= 15 is 0 Å². The molecule has 0 atom stereocenters. The Morgan fingerprint density at radius 2 is 1.82 bits per heavy atom. The van der Waals surface area contributed by atoms with Gasteiger partial charge in [-0.25, -0.2) is 9.78 Å². The zero-order chi connectivity index (χ0) is 25.0. The van der Waals surface area contributed by atoms with Gasteiger partial charge in [0.15, 0.2) is 11.5 Å². The summed E-state index contributed by atoms with van der Waals surface area (Å²) in [5.41, 5.74) is 1.10. The lowest BCUT2D eigenvalue weighted by Gasteiger charge is -2.10. The summed E-state index contributed by atoms with van der Waals surface area (Å²) in [6, 6.07) is 10.1. The summed E-state index contributed by atoms with van der Waals surface area (Å²) in [6.45, 7) is 6.78. The zero-order valence-electron chi connectivity index (χ0n) is 19.2. The third kappa shape index (κ3) is 6.02. The van der Waals surface area contributed by atoms with Gasteiger partial charge in [0.25, 0.3) is 0 Å². The fourth-order valence-electron chi connectivity index (χ4n) is 3.42. The van der Waals surface area contributed by atoms with Crippen molar-refractivity contribution in [2.45, 2.75) is 52.6 Å². The standard InChI is InChI=1S/C25H24F3NO4S/c1-14(2)23-22(34-24(29-23)18-7-5-6-8-19(18)25(26,27)28)12-10-20(31)17-9-11-21(15(3)13-17)33-32-16(4)30/h5-9,11,13-14H,10,12H2,1-4H3. The number of carbonyl (C=O) groups excluding carboxylic acids is 2. The molecular formula is C25H24F3NO4S. The Kier molecular flexibility index (Phi) is 7.76. The molecular weight excluding hydrogens is 467 g/mol. The topological polar surface area (TPSA) is 65.5 Å². The number of alkyl halides is 3. The van der Waals surface area contributed by atoms with E-state index in [1.807, 2.05) is 13.8 Å². The molecule has 0 unspecified atom stereocenters. The monoisotopic (exact) mass is 491 g/mol. The summed E-state index contributed by atoms with van der Waals surface area (Å²) in [6.07, 6.45) is -3.95. The Bertz CT molecular complexity index is 1200. The molecule has 0 aliphatic heterocycles. The van der Waals surface area contributed by atoms with E-state index in [1.165, 1.54) is 30.4 Å². The Balaban J connectivity index is 1.81. The van der Waals surface area contributed by atoms with E-state index < -0.39 is 17.7 Å². The summed E-state index contributed by atoms with van der Waals surface area (Å²) < 4.78 is 40.5. The lowest BCUT2D eigenvalue weighted by molar-refractivity contribution is -0.211. The first-order chi connectivity index (χ1) is 16.0. The van der Waals surface area contributed by atoms with E-state index in [9.17, 15) is 22.8 Å². The van der Waals surface area contributed by atoms with E-state index in [0.29, 0.717) is 34.0 Å². The molecule has 9 heteroatoms. The van der Waals surface area contributed by atoms with Crippen molar-refractivity contribution < 1.29 is 32.5 Å². The van der Waals surface area contributed by atoms with Gasteiger partial charge in [0.05, 0.1) is 11.3 Å². The first kappa shape index (κ1) is 25.4. The molecule has 34 heavy (non-hydrogen) atoms. The van der Waals surface area contributed by atoms with Crippen LogP contribution in [0.3, 0.4) is 0 Å². The summed E-state index contributed by atoms with van der Waals surface area (Å²) >= 11 is 1.19. The van der Waals surface area contributed by atoms with Crippen LogP contribution in [0.25, 0.3) is 10.6 Å². The second-order valence-electron chi connectivity index (χ2n) is 8.09. The van der Waals surface area contributed by atoms with E-state index in [-0.39, 0.29) is 23.7 Å². The first-order valence-electron chi connectivity index (χ1n) is 10.6. The van der Waals surface area contributed by atoms with Gasteiger partial charge < -0.3 is 0 Å². The highest BCUT2D eigenvalue weighted by atomic mass is 32.1. The molecule has 0 bridgehead atoms. The predicted molar refractivity (Wildman–Crippen MR) is 123 cm³/mol. The van der Waals surface area contributed by atoms with Gasteiger partial charge in [-0.1, -0.05) is 32.0 Å². The maximum atomic E-state index is 13.5. The summed E-state index contributed by atoms with van der Waals surface area (Å²) in [4.78, 5) is 38.5. The molecule has 2 aromatic carbocycles. The first-order valence-corrected chi connectivity index (χ1v) is 11.4. The van der Waals surface area contributed by atoms with Crippen molar-refractivity contribution in [3.63, 3.8) is 0 Å². The third-order valence-corrected chi connectivity index (χ3v) is 6.23. The van der Waals surface area contributed by atoms with Gasteiger partial charge in [0.1, 0.15) is 5.01 Å². The average Bonchev–Trinajstić information content (AvgIpc) is 3.20. The van der Waals surface area contributed by atoms with Crippen molar-refractivity contribution in [2.75, 3.05) is 0 Å². The number of hydrogen-bond acceptors (Lipinski definition) is 6. The molecule has 3 aromatic rings. The van der Waals surface area contributed by atoms with E-state index in [2.05, 4.69) is 9.87 Å². The maximum Gasteiger partial charge on any atom is 0.417 e. The van der Waals surface area contributed by atoms with Crippen LogP contribution in [0.1, 0.15) is 65.2 Å². The minimum absolute atomic E-state index is 0.00639. The van der Waals surface area contributed by atoms with Crippen LogP contribution in [-0.4, -0.2) is 16.7 Å². The summed E-state index contributed by atoms with van der Waals surface area (Å²) in [5.74, 6) is -0.401. The molecule has 0 fully saturated rings. The van der Waals surface area contributed by atoms with Crippen LogP contribution in [0, 0.1) is 6.92 Å². The number of rotatable bonds is 8. The van der Waals surface area contributed by atoms with Gasteiger partial charge in [-0.15, -0.1) is 11.3 Å². The third-order valence-electron chi connectivity index (χ3n) is 5.06. The number of aromatic nitrogens is 1. The van der Waals surface area contributed by atoms with E-state index in [1.54, 1.807) is 31.2 Å². The minimum atomic E-state index is -4.49. The maximum absolute atomic E-state index is 13.5. The highest BCUT2D eigenvalue weighted by Gasteiger charge is 2.34. The quantitative estimate of drug-likeness (QED) is 0.194. The number of hydrogen-bond donors (Lipinski definition) is 0. The van der Waals surface area contributed by atoms with E-state index in [4.69, 9.17) is 4.89 Å². The van der Waals surface area contributed by atoms with Crippen molar-refractivity contribution in [2.24, 2.45) is 0 Å². The number of halogens is 3. The summed E-state index contributed by atoms with van der Waals surface area (Å²) in [5, 5.41) is 0.293. The van der Waals surface area contributed by atoms with Crippen molar-refractivity contribution in [1.29, 1.82) is 0 Å². The molecule has 0 saturated heterocycles. The number of benzene rings is 2. The summed E-state index contributed by atoms with van der Waals surface area (Å²) in [7, 11) is 0. The van der Waals surface area contributed by atoms with Crippen LogP contribution >= 0.6 is 11.3 Å². The van der Waals surface area contributed by atoms with Crippen LogP contribution in [0.4, 0.5) is 13.2 Å². The van der Waals surface area contributed by atoms with Gasteiger partial charge in [-0.05, 0) is 49.1 Å². The molecule has 5 nitrogen and oxygen atoms in total. The van der Waals surface area contributed by atoms with Crippen LogP contribution in [0.5, 0.6) is 5.75 Å². The van der Waals surface area contributed by atoms with Crippen LogP contribution in [0.2, 0.25) is 0 Å². The number of thiazole rings is 1. The minimum Gasteiger partial charge on any atom is -0.294 e. The Morgan fingerprint density at radius 3 is 2.44 bits per heavy atom. The van der Waals surface area contributed by atoms with Crippen molar-refractivity contribution in [3.05, 3.63) is 69.7 Å². The number of carbonyl (C=O) groups is 2. The van der Waals surface area contributed by atoms with Gasteiger partial charge in [-0.3, -0.25) is 14.6 Å². The second kappa shape index (κ2) is 10.4. The normalized spacial score (nSPS) is 11.5. The molecule has 0 radical (unpaired) electrons. The van der Waals surface area contributed by atoms with Crippen LogP contribution in [0.15, 0.2) is 42.5 Å². The number of ketones is 1. The molecule has 0 aliphatic rings. The molecule has 0 spiro atoms. The molecule has 0 aliphatic carbocycles. The lowest BCUT2D eigenvalue weighted by Crippen LogP contribution is -2.06. The lowest BCUT2D eigenvalue weighted by atomic mass is 10.0. The van der Waals surface area contributed by atoms with Gasteiger partial charge in [0, 0.05) is 29.3 Å². The second-order valence-corrected chi connectivity index (χ2v) is 9.17. The zero-order valence-corrected chi connectivity index (χ0v) is 20.0. The molecule has 180 valence electrons. The van der Waals surface area contributed by atoms with E-state index in [0.717, 1.165) is 10.9 Å². The smallest absolute Gasteiger partial charge is 0.294 e. The fourth-order valence-corrected chi connectivity index (χ4v) is 4.67. The Hall–Kier alpha value is -3.20. The largest absolute Gasteiger partial charge is 0.417 e. The Labute approximate surface area is 199 Å². The molecule has 3 rings (SSSR count). The van der Waals surface area contributed by atoms with Crippen molar-refractivity contribution >= 4 is 23.1 Å². The van der Waals surface area contributed by atoms with Crippen LogP contribution < -0.4 is 4.89 Å². The number of aryl methyl sites for hydroxylation is 2. The van der Waals surface area contributed by atoms with Gasteiger partial charge >= 0.3 is 12.1 Å². The Morgan fingerprint density at radius 1 is 1.12 bits per heavy atom. The fraction of sp³-hybridized carbons (Fsp3) is 0.320. The average molecular weight is 492 g/mol. The van der Waals surface area contributed by atoms with Crippen LogP contribution in [-0.2, 0) is 22.3 Å². The SMILES string of the molecule is CC(=O)OOc1ccc(C(=O)CCc2sc(-c3ccccc3C(F)(F)F)nc2C(C)C)cc1C. The van der Waals surface area contributed by atoms with Gasteiger partial charge in [-0.2, -0.15) is 13.2 Å². The van der Waals surface area contributed by atoms with Crippen molar-refractivity contribution in [3.8, 4) is 16.3 Å². The molecule has 0 N–H and O–H groups in total. The molecule has 1 heterocycles. The number of Topliss-reactive ketones (excluding diaryl/α,β-unsaturated/α-hetero) is 1. The van der Waals surface area contributed by atoms with Crippen molar-refractivity contribution in [1.82, 2.24) is 4.98 Å². The predicted octanol–water partition coefficient (Wildman–Crippen LogP) is 6.93. The molecule has 0 amide bonds.